The summed E-state index contributed by atoms with van der Waals surface area (Å²) < 4.78 is 0. The van der Waals surface area contributed by atoms with Crippen LogP contribution < -0.4 is 10.2 Å². The van der Waals surface area contributed by atoms with Crippen LogP contribution in [0, 0.1) is 5.41 Å². The SMILES string of the molecule is CC1(C)CCCN(c2cc(CNC3CC3)c(Cl)cn2)C1. The van der Waals surface area contributed by atoms with Crippen molar-refractivity contribution in [3.05, 3.63) is 22.8 Å². The molecule has 2 heterocycles. The van der Waals surface area contributed by atoms with Gasteiger partial charge in [-0.1, -0.05) is 25.4 Å². The molecule has 0 aromatic carbocycles. The Balaban J connectivity index is 1.73. The van der Waals surface area contributed by atoms with E-state index >= 15 is 0 Å². The lowest BCUT2D eigenvalue weighted by Crippen LogP contribution is -2.40. The second kappa shape index (κ2) is 5.53. The molecular weight excluding hydrogens is 270 g/mol. The maximum atomic E-state index is 6.27. The highest BCUT2D eigenvalue weighted by Gasteiger charge is 2.27. The van der Waals surface area contributed by atoms with Gasteiger partial charge in [0.1, 0.15) is 5.82 Å². The van der Waals surface area contributed by atoms with E-state index in [0.29, 0.717) is 11.5 Å². The van der Waals surface area contributed by atoms with E-state index in [1.165, 1.54) is 31.2 Å². The standard InChI is InChI=1S/C16H24ClN3/c1-16(2)6-3-7-20(11-16)15-8-12(14(17)10-19-15)9-18-13-4-5-13/h8,10,13,18H,3-7,9,11H2,1-2H3. The molecule has 0 spiro atoms. The van der Waals surface area contributed by atoms with Gasteiger partial charge in [0, 0.05) is 31.9 Å². The third kappa shape index (κ3) is 3.44. The first-order chi connectivity index (χ1) is 9.53. The quantitative estimate of drug-likeness (QED) is 0.919. The highest BCUT2D eigenvalue weighted by molar-refractivity contribution is 6.31. The average molecular weight is 294 g/mol. The zero-order valence-corrected chi connectivity index (χ0v) is 13.2. The normalized spacial score (nSPS) is 22.1. The summed E-state index contributed by atoms with van der Waals surface area (Å²) in [6, 6.07) is 2.87. The monoisotopic (exact) mass is 293 g/mol. The number of hydrogen-bond donors (Lipinski definition) is 1. The van der Waals surface area contributed by atoms with Gasteiger partial charge < -0.3 is 10.2 Å². The first-order valence-electron chi connectivity index (χ1n) is 7.66. The maximum absolute atomic E-state index is 6.27. The van der Waals surface area contributed by atoms with E-state index in [2.05, 4.69) is 35.1 Å². The average Bonchev–Trinajstić information content (AvgIpc) is 3.20. The molecule has 0 radical (unpaired) electrons. The van der Waals surface area contributed by atoms with Crippen LogP contribution in [-0.4, -0.2) is 24.1 Å². The molecular formula is C16H24ClN3. The van der Waals surface area contributed by atoms with Gasteiger partial charge in [-0.15, -0.1) is 0 Å². The van der Waals surface area contributed by atoms with Crippen molar-refractivity contribution in [3.63, 3.8) is 0 Å². The molecule has 1 N–H and O–H groups in total. The minimum absolute atomic E-state index is 0.381. The Hall–Kier alpha value is -0.800. The molecule has 20 heavy (non-hydrogen) atoms. The molecule has 4 heteroatoms. The molecule has 0 unspecified atom stereocenters. The number of hydrogen-bond acceptors (Lipinski definition) is 3. The summed E-state index contributed by atoms with van der Waals surface area (Å²) in [4.78, 5) is 6.94. The van der Waals surface area contributed by atoms with Gasteiger partial charge in [0.05, 0.1) is 5.02 Å². The van der Waals surface area contributed by atoms with Gasteiger partial charge in [-0.2, -0.15) is 0 Å². The van der Waals surface area contributed by atoms with Gasteiger partial charge in [0.25, 0.3) is 0 Å². The molecule has 0 amide bonds. The van der Waals surface area contributed by atoms with Crippen molar-refractivity contribution in [2.75, 3.05) is 18.0 Å². The Kier molecular flexibility index (Phi) is 3.91. The van der Waals surface area contributed by atoms with Gasteiger partial charge in [-0.25, -0.2) is 4.98 Å². The molecule has 3 nitrogen and oxygen atoms in total. The Morgan fingerprint density at radius 3 is 2.95 bits per heavy atom. The summed E-state index contributed by atoms with van der Waals surface area (Å²) >= 11 is 6.27. The minimum atomic E-state index is 0.381. The predicted octanol–water partition coefficient (Wildman–Crippen LogP) is 3.61. The molecule has 110 valence electrons. The molecule has 2 fully saturated rings. The van der Waals surface area contributed by atoms with Crippen molar-refractivity contribution in [1.82, 2.24) is 10.3 Å². The Bertz CT molecular complexity index is 483. The number of nitrogens with zero attached hydrogens (tertiary/aromatic N) is 2. The summed E-state index contributed by atoms with van der Waals surface area (Å²) in [6.07, 6.45) is 6.95. The molecule has 2 aliphatic rings. The van der Waals surface area contributed by atoms with Crippen LogP contribution >= 0.6 is 11.6 Å². The van der Waals surface area contributed by atoms with Crippen LogP contribution in [0.1, 0.15) is 45.1 Å². The second-order valence-electron chi connectivity index (χ2n) is 6.98. The van der Waals surface area contributed by atoms with E-state index < -0.39 is 0 Å². The highest BCUT2D eigenvalue weighted by atomic mass is 35.5. The highest BCUT2D eigenvalue weighted by Crippen LogP contribution is 2.32. The van der Waals surface area contributed by atoms with Crippen LogP contribution in [0.5, 0.6) is 0 Å². The van der Waals surface area contributed by atoms with Crippen LogP contribution in [0.15, 0.2) is 12.3 Å². The van der Waals surface area contributed by atoms with E-state index in [1.54, 1.807) is 0 Å². The smallest absolute Gasteiger partial charge is 0.128 e. The van der Waals surface area contributed by atoms with Gasteiger partial charge in [-0.3, -0.25) is 0 Å². The van der Waals surface area contributed by atoms with Crippen LogP contribution in [0.2, 0.25) is 5.02 Å². The fourth-order valence-corrected chi connectivity index (χ4v) is 3.11. The molecule has 1 aliphatic carbocycles. The Labute approximate surface area is 126 Å². The van der Waals surface area contributed by atoms with Crippen molar-refractivity contribution in [1.29, 1.82) is 0 Å². The predicted molar refractivity (Wildman–Crippen MR) is 84.3 cm³/mol. The van der Waals surface area contributed by atoms with Crippen molar-refractivity contribution in [2.45, 2.75) is 52.1 Å². The lowest BCUT2D eigenvalue weighted by molar-refractivity contribution is 0.292. The zero-order chi connectivity index (χ0) is 14.2. The van der Waals surface area contributed by atoms with Gasteiger partial charge in [-0.05, 0) is 42.7 Å². The van der Waals surface area contributed by atoms with E-state index in [4.69, 9.17) is 11.6 Å². The van der Waals surface area contributed by atoms with Gasteiger partial charge in [0.15, 0.2) is 0 Å². The van der Waals surface area contributed by atoms with Gasteiger partial charge >= 0.3 is 0 Å². The summed E-state index contributed by atoms with van der Waals surface area (Å²) in [6.45, 7) is 7.72. The number of halogens is 1. The molecule has 1 aliphatic heterocycles. The topological polar surface area (TPSA) is 28.2 Å². The van der Waals surface area contributed by atoms with Crippen LogP contribution in [0.25, 0.3) is 0 Å². The van der Waals surface area contributed by atoms with Crippen molar-refractivity contribution >= 4 is 17.4 Å². The van der Waals surface area contributed by atoms with Crippen LogP contribution in [0.3, 0.4) is 0 Å². The number of nitrogens with one attached hydrogen (secondary N) is 1. The maximum Gasteiger partial charge on any atom is 0.128 e. The molecule has 1 saturated carbocycles. The minimum Gasteiger partial charge on any atom is -0.356 e. The molecule has 1 aromatic heterocycles. The molecule has 0 atom stereocenters. The van der Waals surface area contributed by atoms with E-state index in [9.17, 15) is 0 Å². The molecule has 1 aromatic rings. The van der Waals surface area contributed by atoms with Gasteiger partial charge in [0.2, 0.25) is 0 Å². The van der Waals surface area contributed by atoms with Crippen molar-refractivity contribution in [2.24, 2.45) is 5.41 Å². The third-order valence-electron chi connectivity index (χ3n) is 4.30. The first-order valence-corrected chi connectivity index (χ1v) is 8.04. The summed E-state index contributed by atoms with van der Waals surface area (Å²) in [5.41, 5.74) is 1.55. The summed E-state index contributed by atoms with van der Waals surface area (Å²) in [7, 11) is 0. The second-order valence-corrected chi connectivity index (χ2v) is 7.39. The number of pyridine rings is 1. The number of piperidine rings is 1. The van der Waals surface area contributed by atoms with Crippen LogP contribution in [-0.2, 0) is 6.54 Å². The summed E-state index contributed by atoms with van der Waals surface area (Å²) in [5, 5.41) is 4.31. The fourth-order valence-electron chi connectivity index (χ4n) is 2.94. The Morgan fingerprint density at radius 1 is 1.45 bits per heavy atom. The van der Waals surface area contributed by atoms with E-state index in [1.807, 2.05) is 6.20 Å². The molecule has 1 saturated heterocycles. The lowest BCUT2D eigenvalue weighted by Gasteiger charge is -2.38. The van der Waals surface area contributed by atoms with Crippen molar-refractivity contribution in [3.8, 4) is 0 Å². The third-order valence-corrected chi connectivity index (χ3v) is 4.64. The number of aromatic nitrogens is 1. The molecule has 3 rings (SSSR count). The largest absolute Gasteiger partial charge is 0.356 e. The lowest BCUT2D eigenvalue weighted by atomic mass is 9.84. The fraction of sp³-hybridized carbons (Fsp3) is 0.688. The Morgan fingerprint density at radius 2 is 2.25 bits per heavy atom. The number of rotatable bonds is 4. The number of anilines is 1. The van der Waals surface area contributed by atoms with E-state index in [0.717, 1.165) is 30.5 Å². The molecule has 0 bridgehead atoms. The van der Waals surface area contributed by atoms with Crippen LogP contribution in [0.4, 0.5) is 5.82 Å². The first kappa shape index (κ1) is 14.2. The zero-order valence-electron chi connectivity index (χ0n) is 12.5. The van der Waals surface area contributed by atoms with E-state index in [-0.39, 0.29) is 0 Å². The van der Waals surface area contributed by atoms with Crippen molar-refractivity contribution < 1.29 is 0 Å². The summed E-state index contributed by atoms with van der Waals surface area (Å²) in [5.74, 6) is 1.08.